The zero-order valence-electron chi connectivity index (χ0n) is 16.6. The smallest absolute Gasteiger partial charge is 0.280 e. The molecule has 3 heterocycles. The highest BCUT2D eigenvalue weighted by Crippen LogP contribution is 2.51. The van der Waals surface area contributed by atoms with Crippen molar-refractivity contribution in [2.45, 2.75) is 37.5 Å². The van der Waals surface area contributed by atoms with E-state index in [2.05, 4.69) is 21.5 Å². The Morgan fingerprint density at radius 1 is 1.07 bits per heavy atom. The van der Waals surface area contributed by atoms with Crippen LogP contribution in [0.4, 0.5) is 5.69 Å². The highest BCUT2D eigenvalue weighted by Gasteiger charge is 2.52. The largest absolute Gasteiger partial charge is 0.347 e. The van der Waals surface area contributed by atoms with Crippen LogP contribution in [0.15, 0.2) is 79.4 Å². The number of nitrogens with zero attached hydrogens (tertiary/aromatic N) is 4. The lowest BCUT2D eigenvalue weighted by Crippen LogP contribution is -2.47. The van der Waals surface area contributed by atoms with Crippen LogP contribution >= 0.6 is 0 Å². The molecule has 150 valence electrons. The van der Waals surface area contributed by atoms with Gasteiger partial charge in [-0.1, -0.05) is 36.9 Å². The van der Waals surface area contributed by atoms with Crippen molar-refractivity contribution in [1.82, 2.24) is 15.0 Å². The van der Waals surface area contributed by atoms with Crippen molar-refractivity contribution >= 4 is 11.6 Å². The van der Waals surface area contributed by atoms with Gasteiger partial charge in [0.15, 0.2) is 0 Å². The van der Waals surface area contributed by atoms with Crippen molar-refractivity contribution in [1.29, 1.82) is 0 Å². The molecule has 0 bridgehead atoms. The van der Waals surface area contributed by atoms with Crippen LogP contribution in [0.1, 0.15) is 36.2 Å². The van der Waals surface area contributed by atoms with Crippen LogP contribution in [0.5, 0.6) is 0 Å². The molecule has 6 nitrogen and oxygen atoms in total. The summed E-state index contributed by atoms with van der Waals surface area (Å²) in [4.78, 5) is 28.4. The van der Waals surface area contributed by atoms with E-state index in [1.54, 1.807) is 23.5 Å². The molecule has 1 unspecified atom stereocenters. The molecule has 2 fully saturated rings. The van der Waals surface area contributed by atoms with Gasteiger partial charge in [0.1, 0.15) is 11.9 Å². The van der Waals surface area contributed by atoms with E-state index >= 15 is 0 Å². The molecule has 5 rings (SSSR count). The molecule has 1 aliphatic carbocycles. The highest BCUT2D eigenvalue weighted by atomic mass is 16.5. The molecule has 6 heteroatoms. The molecule has 2 aliphatic rings. The number of hydrogen-bond donors (Lipinski definition) is 0. The molecular formula is C24H22N4O2. The first-order valence-corrected chi connectivity index (χ1v) is 10.1. The molecule has 1 atom stereocenters. The third-order valence-electron chi connectivity index (χ3n) is 5.76. The standard InChI is InChI=1S/C24H22N4O2/c1-17-9-10-22(30-24(17)11-12-24)28(19-8-5-13-25-14-19)23(29)21-16-26-15-20(27-21)18-6-3-2-4-7-18/h2-8,13-16,22H,1,9-12H2. The van der Waals surface area contributed by atoms with Gasteiger partial charge in [0.2, 0.25) is 0 Å². The zero-order valence-corrected chi connectivity index (χ0v) is 16.6. The zero-order chi connectivity index (χ0) is 20.6. The summed E-state index contributed by atoms with van der Waals surface area (Å²) in [5.41, 5.74) is 3.38. The van der Waals surface area contributed by atoms with Gasteiger partial charge in [-0.05, 0) is 43.4 Å². The predicted octanol–water partition coefficient (Wildman–Crippen LogP) is 4.41. The Hall–Kier alpha value is -3.38. The normalized spacial score (nSPS) is 19.5. The minimum Gasteiger partial charge on any atom is -0.347 e. The second kappa shape index (κ2) is 7.46. The Kier molecular flexibility index (Phi) is 4.64. The minimum absolute atomic E-state index is 0.249. The summed E-state index contributed by atoms with van der Waals surface area (Å²) in [6.45, 7) is 4.18. The van der Waals surface area contributed by atoms with E-state index in [0.717, 1.165) is 30.4 Å². The maximum Gasteiger partial charge on any atom is 0.280 e. The van der Waals surface area contributed by atoms with E-state index in [-0.39, 0.29) is 17.2 Å². The molecule has 1 saturated heterocycles. The summed E-state index contributed by atoms with van der Waals surface area (Å²) in [6.07, 6.45) is 9.59. The first kappa shape index (κ1) is 18.6. The van der Waals surface area contributed by atoms with Gasteiger partial charge in [-0.25, -0.2) is 4.98 Å². The van der Waals surface area contributed by atoms with Gasteiger partial charge in [0.25, 0.3) is 5.91 Å². The van der Waals surface area contributed by atoms with Gasteiger partial charge in [-0.2, -0.15) is 0 Å². The van der Waals surface area contributed by atoms with Crippen molar-refractivity contribution in [3.05, 3.63) is 85.1 Å². The number of anilines is 1. The third kappa shape index (κ3) is 3.39. The molecule has 1 saturated carbocycles. The number of ether oxygens (including phenoxy) is 1. The molecule has 3 aromatic rings. The Morgan fingerprint density at radius 2 is 1.90 bits per heavy atom. The van der Waals surface area contributed by atoms with Crippen LogP contribution in [0.3, 0.4) is 0 Å². The number of rotatable bonds is 4. The first-order chi connectivity index (χ1) is 14.7. The van der Waals surface area contributed by atoms with Crippen LogP contribution < -0.4 is 4.90 Å². The lowest BCUT2D eigenvalue weighted by atomic mass is 9.99. The van der Waals surface area contributed by atoms with Crippen molar-refractivity contribution in [3.8, 4) is 11.3 Å². The molecule has 2 aromatic heterocycles. The summed E-state index contributed by atoms with van der Waals surface area (Å²) in [7, 11) is 0. The van der Waals surface area contributed by atoms with E-state index in [4.69, 9.17) is 4.74 Å². The third-order valence-corrected chi connectivity index (χ3v) is 5.76. The molecular weight excluding hydrogens is 376 g/mol. The summed E-state index contributed by atoms with van der Waals surface area (Å²) >= 11 is 0. The molecule has 1 aromatic carbocycles. The number of carbonyl (C=O) groups is 1. The lowest BCUT2D eigenvalue weighted by molar-refractivity contribution is -0.0335. The first-order valence-electron chi connectivity index (χ1n) is 10.1. The summed E-state index contributed by atoms with van der Waals surface area (Å²) in [6, 6.07) is 13.4. The number of pyridine rings is 1. The number of hydrogen-bond acceptors (Lipinski definition) is 5. The summed E-state index contributed by atoms with van der Waals surface area (Å²) in [5.74, 6) is -0.249. The van der Waals surface area contributed by atoms with Crippen LogP contribution in [0, 0.1) is 0 Å². The minimum atomic E-state index is -0.392. The summed E-state index contributed by atoms with van der Waals surface area (Å²) < 4.78 is 6.40. The molecule has 0 N–H and O–H groups in total. The van der Waals surface area contributed by atoms with Crippen molar-refractivity contribution in [2.75, 3.05) is 4.90 Å². The van der Waals surface area contributed by atoms with Crippen molar-refractivity contribution in [3.63, 3.8) is 0 Å². The Balaban J connectivity index is 1.51. The van der Waals surface area contributed by atoms with Crippen LogP contribution in [-0.2, 0) is 4.74 Å². The quantitative estimate of drug-likeness (QED) is 0.609. The second-order valence-corrected chi connectivity index (χ2v) is 7.75. The fraction of sp³-hybridized carbons (Fsp3) is 0.250. The van der Waals surface area contributed by atoms with E-state index < -0.39 is 6.23 Å². The maximum absolute atomic E-state index is 13.6. The fourth-order valence-corrected chi connectivity index (χ4v) is 3.95. The lowest BCUT2D eigenvalue weighted by Gasteiger charge is -2.38. The van der Waals surface area contributed by atoms with Gasteiger partial charge in [-0.3, -0.25) is 19.7 Å². The molecule has 1 amide bonds. The van der Waals surface area contributed by atoms with Crippen molar-refractivity contribution < 1.29 is 9.53 Å². The molecule has 1 spiro atoms. The summed E-state index contributed by atoms with van der Waals surface area (Å²) in [5, 5.41) is 0. The number of benzene rings is 1. The maximum atomic E-state index is 13.6. The average Bonchev–Trinajstić information content (AvgIpc) is 3.58. The Labute approximate surface area is 175 Å². The highest BCUT2D eigenvalue weighted by molar-refractivity contribution is 6.05. The van der Waals surface area contributed by atoms with Crippen molar-refractivity contribution in [2.24, 2.45) is 0 Å². The SMILES string of the molecule is C=C1CCC(N(C(=O)c2cncc(-c3ccccc3)n2)c2cccnc2)OC12CC2. The molecule has 0 radical (unpaired) electrons. The van der Waals surface area contributed by atoms with E-state index in [9.17, 15) is 4.79 Å². The number of carbonyl (C=O) groups excluding carboxylic acids is 1. The van der Waals surface area contributed by atoms with Crippen LogP contribution in [0.2, 0.25) is 0 Å². The number of aromatic nitrogens is 3. The van der Waals surface area contributed by atoms with E-state index in [0.29, 0.717) is 17.8 Å². The van der Waals surface area contributed by atoms with Gasteiger partial charge in [0.05, 0.1) is 35.6 Å². The van der Waals surface area contributed by atoms with Crippen LogP contribution in [0.25, 0.3) is 11.3 Å². The predicted molar refractivity (Wildman–Crippen MR) is 114 cm³/mol. The average molecular weight is 398 g/mol. The Morgan fingerprint density at radius 3 is 2.63 bits per heavy atom. The monoisotopic (exact) mass is 398 g/mol. The molecule has 1 aliphatic heterocycles. The van der Waals surface area contributed by atoms with E-state index in [1.165, 1.54) is 6.20 Å². The Bertz CT molecular complexity index is 1080. The van der Waals surface area contributed by atoms with Crippen LogP contribution in [-0.4, -0.2) is 32.7 Å². The fourth-order valence-electron chi connectivity index (χ4n) is 3.95. The van der Waals surface area contributed by atoms with Gasteiger partial charge >= 0.3 is 0 Å². The molecule has 30 heavy (non-hydrogen) atoms. The number of amides is 1. The second-order valence-electron chi connectivity index (χ2n) is 7.75. The van der Waals surface area contributed by atoms with Gasteiger partial charge < -0.3 is 4.74 Å². The van der Waals surface area contributed by atoms with Gasteiger partial charge in [0, 0.05) is 11.8 Å². The topological polar surface area (TPSA) is 68.2 Å². The van der Waals surface area contributed by atoms with E-state index in [1.807, 2.05) is 42.5 Å². The van der Waals surface area contributed by atoms with Gasteiger partial charge in [-0.15, -0.1) is 0 Å².